The molecule has 35 heavy (non-hydrogen) atoms. The highest BCUT2D eigenvalue weighted by Crippen LogP contribution is 2.47. The molecule has 1 atom stereocenters. The largest absolute Gasteiger partial charge is 0.497 e. The zero-order valence-electron chi connectivity index (χ0n) is 18.7. The smallest absolute Gasteiger partial charge is 0.255 e. The van der Waals surface area contributed by atoms with Gasteiger partial charge in [-0.3, -0.25) is 9.59 Å². The van der Waals surface area contributed by atoms with Crippen LogP contribution < -0.4 is 4.74 Å². The fraction of sp³-hybridized carbons (Fsp3) is 0.231. The van der Waals surface area contributed by atoms with E-state index < -0.39 is 40.6 Å². The molecule has 2 aliphatic heterocycles. The number of methoxy groups -OCH3 is 1. The first-order valence-corrected chi connectivity index (χ1v) is 10.9. The number of hydrogen-bond donors (Lipinski definition) is 0. The number of ether oxygens (including phenoxy) is 1. The number of fused-ring (bicyclic) bond motifs is 2. The molecule has 0 unspecified atom stereocenters. The van der Waals surface area contributed by atoms with E-state index in [1.54, 1.807) is 24.3 Å². The van der Waals surface area contributed by atoms with Crippen LogP contribution in [0.3, 0.4) is 0 Å². The Morgan fingerprint density at radius 3 is 2.31 bits per heavy atom. The van der Waals surface area contributed by atoms with Crippen LogP contribution in [0.4, 0.5) is 17.6 Å². The molecule has 1 spiro atoms. The Hall–Kier alpha value is -3.88. The predicted octanol–water partition coefficient (Wildman–Crippen LogP) is 4.54. The van der Waals surface area contributed by atoms with Gasteiger partial charge in [0.2, 0.25) is 0 Å². The molecule has 5 nitrogen and oxygen atoms in total. The van der Waals surface area contributed by atoms with Gasteiger partial charge < -0.3 is 14.5 Å². The van der Waals surface area contributed by atoms with Gasteiger partial charge in [-0.1, -0.05) is 18.2 Å². The Labute approximate surface area is 198 Å². The summed E-state index contributed by atoms with van der Waals surface area (Å²) in [6, 6.07) is 11.9. The summed E-state index contributed by atoms with van der Waals surface area (Å²) in [6.45, 7) is -0.0938. The lowest BCUT2D eigenvalue weighted by molar-refractivity contribution is -0.137. The van der Waals surface area contributed by atoms with Crippen LogP contribution in [-0.4, -0.2) is 35.3 Å². The van der Waals surface area contributed by atoms with E-state index >= 15 is 0 Å². The van der Waals surface area contributed by atoms with Crippen molar-refractivity contribution in [2.75, 3.05) is 13.7 Å². The van der Waals surface area contributed by atoms with E-state index in [1.807, 2.05) is 0 Å². The number of halogens is 4. The molecule has 0 aromatic heterocycles. The second-order valence-electron chi connectivity index (χ2n) is 8.62. The average Bonchev–Trinajstić information content (AvgIpc) is 3.28. The summed E-state index contributed by atoms with van der Waals surface area (Å²) >= 11 is 0. The third kappa shape index (κ3) is 3.62. The number of carbonyl (C=O) groups is 2. The predicted molar refractivity (Wildman–Crippen MR) is 117 cm³/mol. The van der Waals surface area contributed by atoms with Crippen LogP contribution >= 0.6 is 0 Å². The molecular weight excluding hydrogens is 464 g/mol. The maximum absolute atomic E-state index is 14.3. The highest BCUT2D eigenvalue weighted by molar-refractivity contribution is 6.07. The van der Waals surface area contributed by atoms with Gasteiger partial charge in [0.05, 0.1) is 7.11 Å². The van der Waals surface area contributed by atoms with Gasteiger partial charge in [-0.15, -0.1) is 0 Å². The van der Waals surface area contributed by atoms with Crippen molar-refractivity contribution in [2.45, 2.75) is 25.0 Å². The van der Waals surface area contributed by atoms with E-state index in [4.69, 9.17) is 4.74 Å². The van der Waals surface area contributed by atoms with Gasteiger partial charge in [0.15, 0.2) is 11.6 Å². The Balaban J connectivity index is 1.53. The number of nitrogens with zero attached hydrogens (tertiary/aromatic N) is 2. The molecule has 2 aliphatic rings. The minimum atomic E-state index is -1.42. The topological polar surface area (TPSA) is 49.9 Å². The van der Waals surface area contributed by atoms with E-state index in [2.05, 4.69) is 0 Å². The molecule has 3 aromatic rings. The van der Waals surface area contributed by atoms with Crippen LogP contribution in [0.15, 0.2) is 54.6 Å². The Morgan fingerprint density at radius 2 is 1.60 bits per heavy atom. The highest BCUT2D eigenvalue weighted by atomic mass is 19.2. The summed E-state index contributed by atoms with van der Waals surface area (Å²) < 4.78 is 60.6. The van der Waals surface area contributed by atoms with E-state index in [1.165, 1.54) is 29.0 Å². The molecule has 0 saturated carbocycles. The van der Waals surface area contributed by atoms with Crippen LogP contribution in [0.5, 0.6) is 5.75 Å². The lowest BCUT2D eigenvalue weighted by Crippen LogP contribution is -2.49. The fourth-order valence-corrected chi connectivity index (χ4v) is 4.95. The minimum Gasteiger partial charge on any atom is -0.497 e. The lowest BCUT2D eigenvalue weighted by Gasteiger charge is -2.34. The quantitative estimate of drug-likeness (QED) is 0.395. The molecule has 0 bridgehead atoms. The van der Waals surface area contributed by atoms with Crippen LogP contribution in [0.25, 0.3) is 0 Å². The monoisotopic (exact) mass is 484 g/mol. The summed E-state index contributed by atoms with van der Waals surface area (Å²) in [5.41, 5.74) is -0.414. The average molecular weight is 484 g/mol. The van der Waals surface area contributed by atoms with Gasteiger partial charge in [-0.25, -0.2) is 17.6 Å². The van der Waals surface area contributed by atoms with Crippen molar-refractivity contribution in [3.8, 4) is 5.75 Å². The normalized spacial score (nSPS) is 19.1. The number of hydrogen-bond acceptors (Lipinski definition) is 3. The summed E-state index contributed by atoms with van der Waals surface area (Å²) in [4.78, 5) is 29.9. The van der Waals surface area contributed by atoms with Gasteiger partial charge in [0, 0.05) is 48.8 Å². The number of likely N-dealkylation sites (tertiary alicyclic amines) is 1. The first-order valence-electron chi connectivity index (χ1n) is 10.9. The molecule has 5 rings (SSSR count). The zero-order valence-corrected chi connectivity index (χ0v) is 18.7. The van der Waals surface area contributed by atoms with E-state index in [-0.39, 0.29) is 37.2 Å². The summed E-state index contributed by atoms with van der Waals surface area (Å²) in [5, 5.41) is 0. The number of amides is 2. The maximum atomic E-state index is 14.3. The molecule has 9 heteroatoms. The number of rotatable bonds is 5. The van der Waals surface area contributed by atoms with Crippen LogP contribution in [-0.2, 0) is 23.4 Å². The summed E-state index contributed by atoms with van der Waals surface area (Å²) in [5.74, 6) is -4.49. The minimum absolute atomic E-state index is 0.0677. The number of benzene rings is 3. The van der Waals surface area contributed by atoms with Gasteiger partial charge >= 0.3 is 0 Å². The van der Waals surface area contributed by atoms with Crippen LogP contribution in [0, 0.1) is 23.3 Å². The summed E-state index contributed by atoms with van der Waals surface area (Å²) in [7, 11) is 1.53. The van der Waals surface area contributed by atoms with Crippen molar-refractivity contribution in [3.63, 3.8) is 0 Å². The third-order valence-corrected chi connectivity index (χ3v) is 6.70. The van der Waals surface area contributed by atoms with Crippen LogP contribution in [0.2, 0.25) is 0 Å². The SMILES string of the molecule is COc1ccc(CN2C(=O)c3cc(F)ccc3[C@]23CCN(Cc2cc(F)c(F)cc2F)C3=O)cc1. The maximum Gasteiger partial charge on any atom is 0.255 e. The second kappa shape index (κ2) is 8.41. The standard InChI is InChI=1S/C26H20F4N2O3/c1-35-18-5-2-15(3-6-18)13-32-24(33)19-11-17(27)4-7-20(19)26(32)8-9-31(25(26)34)14-16-10-22(29)23(30)12-21(16)28/h2-7,10-12H,8-9,13-14H2,1H3/t26-/m0/s1. The molecule has 180 valence electrons. The molecule has 2 heterocycles. The molecule has 0 radical (unpaired) electrons. The van der Waals surface area contributed by atoms with Gasteiger partial charge in [-0.05, 0) is 35.9 Å². The molecule has 0 aliphatic carbocycles. The van der Waals surface area contributed by atoms with Crippen molar-refractivity contribution < 1.29 is 31.9 Å². The fourth-order valence-electron chi connectivity index (χ4n) is 4.95. The van der Waals surface area contributed by atoms with E-state index in [9.17, 15) is 27.2 Å². The van der Waals surface area contributed by atoms with Crippen molar-refractivity contribution in [1.29, 1.82) is 0 Å². The molecule has 1 fully saturated rings. The van der Waals surface area contributed by atoms with Gasteiger partial charge in [0.1, 0.15) is 22.9 Å². The second-order valence-corrected chi connectivity index (χ2v) is 8.62. The van der Waals surface area contributed by atoms with Crippen molar-refractivity contribution in [1.82, 2.24) is 9.80 Å². The van der Waals surface area contributed by atoms with Gasteiger partial charge in [-0.2, -0.15) is 0 Å². The third-order valence-electron chi connectivity index (χ3n) is 6.70. The zero-order chi connectivity index (χ0) is 24.9. The van der Waals surface area contributed by atoms with E-state index in [0.29, 0.717) is 17.4 Å². The van der Waals surface area contributed by atoms with Crippen molar-refractivity contribution in [2.24, 2.45) is 0 Å². The Bertz CT molecular complexity index is 1350. The summed E-state index contributed by atoms with van der Waals surface area (Å²) in [6.07, 6.45) is 0.178. The molecule has 0 N–H and O–H groups in total. The Morgan fingerprint density at radius 1 is 0.886 bits per heavy atom. The first-order chi connectivity index (χ1) is 16.7. The molecule has 2 amide bonds. The van der Waals surface area contributed by atoms with Crippen LogP contribution in [0.1, 0.15) is 33.5 Å². The highest BCUT2D eigenvalue weighted by Gasteiger charge is 2.59. The molecule has 1 saturated heterocycles. The van der Waals surface area contributed by atoms with Crippen molar-refractivity contribution >= 4 is 11.8 Å². The number of carbonyl (C=O) groups excluding carboxylic acids is 2. The van der Waals surface area contributed by atoms with E-state index in [0.717, 1.165) is 17.7 Å². The first kappa shape index (κ1) is 22.9. The van der Waals surface area contributed by atoms with Crippen molar-refractivity contribution in [3.05, 3.63) is 100 Å². The molecule has 3 aromatic carbocycles. The lowest BCUT2D eigenvalue weighted by atomic mass is 9.87. The van der Waals surface area contributed by atoms with Gasteiger partial charge in [0.25, 0.3) is 11.8 Å². The Kier molecular flexibility index (Phi) is 5.50. The molecular formula is C26H20F4N2O3.